The Morgan fingerprint density at radius 3 is 2.43 bits per heavy atom. The number of nitrogens with zero attached hydrogens (tertiary/aromatic N) is 2. The molecule has 8 nitrogen and oxygen atoms in total. The summed E-state index contributed by atoms with van der Waals surface area (Å²) in [6, 6.07) is 5.40. The van der Waals surface area contributed by atoms with Crippen LogP contribution in [0.1, 0.15) is 46.0 Å². The second-order valence-electron chi connectivity index (χ2n) is 8.05. The van der Waals surface area contributed by atoms with E-state index in [4.69, 9.17) is 4.42 Å². The number of nitrogens with one attached hydrogen (secondary N) is 2. The van der Waals surface area contributed by atoms with Gasteiger partial charge in [-0.1, -0.05) is 0 Å². The van der Waals surface area contributed by atoms with Crippen LogP contribution < -0.4 is 21.9 Å². The van der Waals surface area contributed by atoms with Gasteiger partial charge in [-0.15, -0.1) is 0 Å². The molecule has 1 aliphatic heterocycles. The van der Waals surface area contributed by atoms with Crippen molar-refractivity contribution in [1.29, 1.82) is 0 Å². The van der Waals surface area contributed by atoms with E-state index >= 15 is 0 Å². The summed E-state index contributed by atoms with van der Waals surface area (Å²) < 4.78 is 8.61. The molecule has 8 heteroatoms. The fourth-order valence-corrected chi connectivity index (χ4v) is 4.17. The van der Waals surface area contributed by atoms with E-state index in [9.17, 15) is 14.4 Å². The lowest BCUT2D eigenvalue weighted by Crippen LogP contribution is -2.30. The summed E-state index contributed by atoms with van der Waals surface area (Å²) in [7, 11) is 3.39. The molecule has 0 bridgehead atoms. The van der Waals surface area contributed by atoms with Gasteiger partial charge >= 0.3 is 11.3 Å². The number of piperidine rings is 1. The molecule has 2 N–H and O–H groups in total. The minimum absolute atomic E-state index is 0.00367. The Morgan fingerprint density at radius 1 is 1.10 bits per heavy atom. The van der Waals surface area contributed by atoms with Gasteiger partial charge in [-0.25, -0.2) is 9.59 Å². The summed E-state index contributed by atoms with van der Waals surface area (Å²) in [4.78, 5) is 37.8. The maximum Gasteiger partial charge on any atom is 0.349 e. The number of fused-ring (bicyclic) bond motifs is 1. The first kappa shape index (κ1) is 20.2. The Kier molecular flexibility index (Phi) is 5.11. The molecule has 1 aromatic carbocycles. The van der Waals surface area contributed by atoms with Gasteiger partial charge < -0.3 is 15.1 Å². The molecule has 1 atom stereocenters. The monoisotopic (exact) mass is 410 g/mol. The second kappa shape index (κ2) is 7.60. The van der Waals surface area contributed by atoms with Gasteiger partial charge in [0.2, 0.25) is 0 Å². The molecule has 1 saturated heterocycles. The van der Waals surface area contributed by atoms with E-state index < -0.39 is 11.5 Å². The third-order valence-corrected chi connectivity index (χ3v) is 5.96. The van der Waals surface area contributed by atoms with Crippen LogP contribution in [0.15, 0.2) is 32.2 Å². The summed E-state index contributed by atoms with van der Waals surface area (Å²) in [5.74, 6) is 0.252. The fraction of sp³-hybridized carbons (Fsp3) is 0.409. The van der Waals surface area contributed by atoms with Crippen molar-refractivity contribution in [2.75, 3.05) is 18.4 Å². The van der Waals surface area contributed by atoms with Crippen molar-refractivity contribution in [1.82, 2.24) is 14.5 Å². The number of rotatable bonds is 3. The Morgan fingerprint density at radius 2 is 1.80 bits per heavy atom. The van der Waals surface area contributed by atoms with Crippen LogP contribution in [0.3, 0.4) is 0 Å². The maximum absolute atomic E-state index is 12.9. The van der Waals surface area contributed by atoms with E-state index in [1.807, 2.05) is 13.0 Å². The van der Waals surface area contributed by atoms with Crippen LogP contribution in [0.2, 0.25) is 0 Å². The second-order valence-corrected chi connectivity index (χ2v) is 8.05. The Balaban J connectivity index is 1.67. The number of carbonyl (C=O) groups is 1. The van der Waals surface area contributed by atoms with Gasteiger partial charge in [0.1, 0.15) is 11.3 Å². The average Bonchev–Trinajstić information content (AvgIpc) is 2.92. The van der Waals surface area contributed by atoms with Crippen molar-refractivity contribution >= 4 is 22.6 Å². The zero-order chi connectivity index (χ0) is 21.6. The van der Waals surface area contributed by atoms with Crippen molar-refractivity contribution < 1.29 is 9.21 Å². The highest BCUT2D eigenvalue weighted by molar-refractivity contribution is 6.06. The molecule has 30 heavy (non-hydrogen) atoms. The molecule has 1 aliphatic rings. The topological polar surface area (TPSA) is 98.3 Å². The molecule has 3 aromatic rings. The molecular weight excluding hydrogens is 384 g/mol. The standard InChI is InChI=1S/C22H26N4O4/c1-12-8-16-17(26(4)22(29)25(16)3)10-15(12)24-20(27)19-13(2)9-18(30-21(19)28)14-6-5-7-23-11-14/h8-10,14,23H,5-7,11H2,1-4H3,(H,24,27). The zero-order valence-electron chi connectivity index (χ0n) is 17.7. The van der Waals surface area contributed by atoms with Crippen LogP contribution in [0.25, 0.3) is 11.0 Å². The fourth-order valence-electron chi connectivity index (χ4n) is 4.17. The van der Waals surface area contributed by atoms with Crippen LogP contribution in [-0.4, -0.2) is 28.1 Å². The molecule has 0 radical (unpaired) electrons. The van der Waals surface area contributed by atoms with Crippen LogP contribution in [-0.2, 0) is 14.1 Å². The molecule has 1 fully saturated rings. The van der Waals surface area contributed by atoms with Gasteiger partial charge in [-0.3, -0.25) is 13.9 Å². The summed E-state index contributed by atoms with van der Waals surface area (Å²) in [5, 5.41) is 6.13. The summed E-state index contributed by atoms with van der Waals surface area (Å²) >= 11 is 0. The minimum atomic E-state index is -0.626. The first-order valence-corrected chi connectivity index (χ1v) is 10.1. The normalized spacial score (nSPS) is 16.7. The number of aromatic nitrogens is 2. The van der Waals surface area contributed by atoms with Crippen molar-refractivity contribution in [3.63, 3.8) is 0 Å². The predicted molar refractivity (Wildman–Crippen MR) is 115 cm³/mol. The number of amides is 1. The predicted octanol–water partition coefficient (Wildman–Crippen LogP) is 2.17. The number of benzene rings is 1. The molecule has 0 aliphatic carbocycles. The van der Waals surface area contributed by atoms with E-state index in [0.717, 1.165) is 37.0 Å². The number of hydrogen-bond donors (Lipinski definition) is 2. The van der Waals surface area contributed by atoms with Gasteiger partial charge in [0, 0.05) is 32.2 Å². The lowest BCUT2D eigenvalue weighted by atomic mass is 9.95. The molecule has 2 aromatic heterocycles. The van der Waals surface area contributed by atoms with Crippen LogP contribution in [0.4, 0.5) is 5.69 Å². The molecule has 1 unspecified atom stereocenters. The first-order valence-electron chi connectivity index (χ1n) is 10.1. The third-order valence-electron chi connectivity index (χ3n) is 5.96. The van der Waals surface area contributed by atoms with Crippen LogP contribution in [0, 0.1) is 13.8 Å². The van der Waals surface area contributed by atoms with Crippen molar-refractivity contribution in [2.24, 2.45) is 14.1 Å². The van der Waals surface area contributed by atoms with Crippen LogP contribution >= 0.6 is 0 Å². The largest absolute Gasteiger partial charge is 0.427 e. The molecule has 158 valence electrons. The van der Waals surface area contributed by atoms with E-state index in [0.29, 0.717) is 22.5 Å². The molecular formula is C22H26N4O4. The van der Waals surface area contributed by atoms with Crippen molar-refractivity contribution in [2.45, 2.75) is 32.6 Å². The highest BCUT2D eigenvalue weighted by atomic mass is 16.4. The van der Waals surface area contributed by atoms with Gasteiger partial charge in [0.05, 0.1) is 11.0 Å². The Bertz CT molecular complexity index is 1260. The molecule has 0 saturated carbocycles. The van der Waals surface area contributed by atoms with E-state index in [1.54, 1.807) is 37.7 Å². The van der Waals surface area contributed by atoms with Crippen molar-refractivity contribution in [3.8, 4) is 0 Å². The lowest BCUT2D eigenvalue weighted by molar-refractivity contribution is 0.102. The van der Waals surface area contributed by atoms with Gasteiger partial charge in [0.15, 0.2) is 0 Å². The highest BCUT2D eigenvalue weighted by Gasteiger charge is 2.23. The first-order chi connectivity index (χ1) is 14.3. The smallest absolute Gasteiger partial charge is 0.349 e. The number of aryl methyl sites for hydroxylation is 4. The van der Waals surface area contributed by atoms with E-state index in [-0.39, 0.29) is 17.2 Å². The molecule has 3 heterocycles. The number of hydrogen-bond acceptors (Lipinski definition) is 5. The van der Waals surface area contributed by atoms with Gasteiger partial charge in [-0.05, 0) is 62.6 Å². The SMILES string of the molecule is Cc1cc2c(cc1NC(=O)c1c(C)cc(C3CCCNC3)oc1=O)n(C)c(=O)n2C. The van der Waals surface area contributed by atoms with Crippen LogP contribution in [0.5, 0.6) is 0 Å². The molecule has 4 rings (SSSR count). The molecule has 1 amide bonds. The highest BCUT2D eigenvalue weighted by Crippen LogP contribution is 2.25. The number of imidazole rings is 1. The van der Waals surface area contributed by atoms with Gasteiger partial charge in [-0.2, -0.15) is 0 Å². The zero-order valence-corrected chi connectivity index (χ0v) is 17.7. The number of anilines is 1. The lowest BCUT2D eigenvalue weighted by Gasteiger charge is -2.22. The summed E-state index contributed by atoms with van der Waals surface area (Å²) in [6.45, 7) is 5.34. The minimum Gasteiger partial charge on any atom is -0.427 e. The Labute approximate surface area is 173 Å². The quantitative estimate of drug-likeness (QED) is 0.690. The Hall–Kier alpha value is -3.13. The van der Waals surface area contributed by atoms with E-state index in [2.05, 4.69) is 10.6 Å². The van der Waals surface area contributed by atoms with Crippen molar-refractivity contribution in [3.05, 3.63) is 61.6 Å². The summed E-state index contributed by atoms with van der Waals surface area (Å²) in [5.41, 5.74) is 2.65. The van der Waals surface area contributed by atoms with E-state index in [1.165, 1.54) is 4.57 Å². The molecule has 0 spiro atoms. The van der Waals surface area contributed by atoms with Gasteiger partial charge in [0.25, 0.3) is 5.91 Å². The average molecular weight is 410 g/mol. The maximum atomic E-state index is 12.9. The third kappa shape index (κ3) is 3.37. The summed E-state index contributed by atoms with van der Waals surface area (Å²) in [6.07, 6.45) is 1.98. The number of carbonyl (C=O) groups excluding carboxylic acids is 1.